The van der Waals surface area contributed by atoms with Gasteiger partial charge >= 0.3 is 0 Å². The molecule has 3 heteroatoms. The zero-order valence-electron chi connectivity index (χ0n) is 13.5. The summed E-state index contributed by atoms with van der Waals surface area (Å²) < 4.78 is 0. The van der Waals surface area contributed by atoms with Crippen molar-refractivity contribution in [3.05, 3.63) is 0 Å². The lowest BCUT2D eigenvalue weighted by atomic mass is 9.75. The first kappa shape index (κ1) is 14.8. The molecule has 3 fully saturated rings. The topological polar surface area (TPSA) is 32.5 Å². The van der Waals surface area contributed by atoms with E-state index in [1.165, 1.54) is 71.1 Å². The van der Waals surface area contributed by atoms with Crippen molar-refractivity contribution in [1.29, 1.82) is 0 Å². The molecule has 2 heterocycles. The van der Waals surface area contributed by atoms with Gasteiger partial charge in [0.15, 0.2) is 0 Å². The minimum atomic E-state index is 0.282. The van der Waals surface area contributed by atoms with Crippen LogP contribution in [0, 0.1) is 5.41 Å². The van der Waals surface area contributed by atoms with E-state index in [0.717, 1.165) is 12.0 Å². The van der Waals surface area contributed by atoms with E-state index in [1.807, 2.05) is 0 Å². The first-order valence-electron chi connectivity index (χ1n) is 8.78. The lowest BCUT2D eigenvalue weighted by Crippen LogP contribution is -2.59. The fourth-order valence-corrected chi connectivity index (χ4v) is 4.96. The predicted molar refractivity (Wildman–Crippen MR) is 84.8 cm³/mol. The quantitative estimate of drug-likeness (QED) is 0.861. The van der Waals surface area contributed by atoms with Crippen LogP contribution in [0.4, 0.5) is 0 Å². The maximum Gasteiger partial charge on any atom is 0.0470 e. The Bertz CT molecular complexity index is 325. The Morgan fingerprint density at radius 2 is 1.60 bits per heavy atom. The summed E-state index contributed by atoms with van der Waals surface area (Å²) in [4.78, 5) is 5.38. The molecule has 0 amide bonds. The Morgan fingerprint density at radius 1 is 0.950 bits per heavy atom. The number of hydrogen-bond acceptors (Lipinski definition) is 3. The largest absolute Gasteiger partial charge is 0.329 e. The van der Waals surface area contributed by atoms with Crippen LogP contribution in [0.3, 0.4) is 0 Å². The van der Waals surface area contributed by atoms with Gasteiger partial charge < -0.3 is 5.73 Å². The van der Waals surface area contributed by atoms with Crippen molar-refractivity contribution >= 4 is 0 Å². The van der Waals surface area contributed by atoms with Crippen molar-refractivity contribution < 1.29 is 0 Å². The van der Waals surface area contributed by atoms with Crippen LogP contribution in [-0.4, -0.2) is 54.1 Å². The smallest absolute Gasteiger partial charge is 0.0470 e. The molecule has 1 unspecified atom stereocenters. The molecule has 2 saturated heterocycles. The zero-order valence-corrected chi connectivity index (χ0v) is 13.5. The van der Waals surface area contributed by atoms with Gasteiger partial charge in [-0.3, -0.25) is 9.80 Å². The summed E-state index contributed by atoms with van der Waals surface area (Å²) in [5.41, 5.74) is 7.25. The summed E-state index contributed by atoms with van der Waals surface area (Å²) >= 11 is 0. The normalized spacial score (nSPS) is 35.4. The molecular weight excluding hydrogens is 246 g/mol. The molecule has 2 N–H and O–H groups in total. The Kier molecular flexibility index (Phi) is 4.13. The van der Waals surface area contributed by atoms with E-state index in [4.69, 9.17) is 5.73 Å². The summed E-state index contributed by atoms with van der Waals surface area (Å²) in [6.45, 7) is 10.5. The summed E-state index contributed by atoms with van der Waals surface area (Å²) in [5.74, 6) is 0. The van der Waals surface area contributed by atoms with Crippen LogP contribution in [0.25, 0.3) is 0 Å². The number of piperidine rings is 1. The van der Waals surface area contributed by atoms with Crippen molar-refractivity contribution in [2.24, 2.45) is 11.1 Å². The summed E-state index contributed by atoms with van der Waals surface area (Å²) in [6.07, 6.45) is 10.1. The van der Waals surface area contributed by atoms with E-state index >= 15 is 0 Å². The maximum absolute atomic E-state index is 6.24. The second-order valence-electron chi connectivity index (χ2n) is 7.94. The van der Waals surface area contributed by atoms with Crippen LogP contribution in [0.1, 0.15) is 58.8 Å². The molecule has 0 aromatic carbocycles. The summed E-state index contributed by atoms with van der Waals surface area (Å²) in [6, 6.07) is 0.661. The van der Waals surface area contributed by atoms with Gasteiger partial charge in [-0.05, 0) is 64.5 Å². The molecule has 1 atom stereocenters. The number of hydrogen-bond donors (Lipinski definition) is 1. The second kappa shape index (κ2) is 5.58. The van der Waals surface area contributed by atoms with E-state index in [2.05, 4.69) is 23.6 Å². The highest BCUT2D eigenvalue weighted by Crippen LogP contribution is 2.47. The number of nitrogens with zero attached hydrogens (tertiary/aromatic N) is 2. The van der Waals surface area contributed by atoms with Gasteiger partial charge in [-0.25, -0.2) is 0 Å². The molecule has 0 radical (unpaired) electrons. The predicted octanol–water partition coefficient (Wildman–Crippen LogP) is 2.45. The first-order valence-corrected chi connectivity index (χ1v) is 8.78. The molecule has 0 aromatic rings. The SMILES string of the molecule is CC(C)N1CCC(CN)(N2CCC3(CCCC3)CC2)C1. The van der Waals surface area contributed by atoms with Gasteiger partial charge in [0.05, 0.1) is 0 Å². The highest BCUT2D eigenvalue weighted by Gasteiger charge is 2.46. The van der Waals surface area contributed by atoms with E-state index in [1.54, 1.807) is 0 Å². The molecule has 20 heavy (non-hydrogen) atoms. The van der Waals surface area contributed by atoms with Crippen molar-refractivity contribution in [2.45, 2.75) is 70.4 Å². The summed E-state index contributed by atoms with van der Waals surface area (Å²) in [7, 11) is 0. The van der Waals surface area contributed by atoms with Crippen molar-refractivity contribution in [2.75, 3.05) is 32.7 Å². The maximum atomic E-state index is 6.24. The van der Waals surface area contributed by atoms with Crippen LogP contribution in [0.5, 0.6) is 0 Å². The van der Waals surface area contributed by atoms with Crippen molar-refractivity contribution in [1.82, 2.24) is 9.80 Å². The van der Waals surface area contributed by atoms with Gasteiger partial charge in [-0.1, -0.05) is 12.8 Å². The fourth-order valence-electron chi connectivity index (χ4n) is 4.96. The van der Waals surface area contributed by atoms with Crippen LogP contribution in [0.2, 0.25) is 0 Å². The molecular formula is C17H33N3. The number of rotatable bonds is 3. The Hall–Kier alpha value is -0.120. The molecule has 3 nitrogen and oxygen atoms in total. The molecule has 3 rings (SSSR count). The van der Waals surface area contributed by atoms with Crippen LogP contribution in [0.15, 0.2) is 0 Å². The van der Waals surface area contributed by atoms with Gasteiger partial charge in [0, 0.05) is 31.2 Å². The Labute approximate surface area is 124 Å². The molecule has 0 aromatic heterocycles. The average molecular weight is 279 g/mol. The first-order chi connectivity index (χ1) is 9.59. The van der Waals surface area contributed by atoms with Gasteiger partial charge in [0.25, 0.3) is 0 Å². The van der Waals surface area contributed by atoms with Crippen LogP contribution < -0.4 is 5.73 Å². The molecule has 2 aliphatic heterocycles. The van der Waals surface area contributed by atoms with Gasteiger partial charge in [0.1, 0.15) is 0 Å². The fraction of sp³-hybridized carbons (Fsp3) is 1.00. The third-order valence-electron chi connectivity index (χ3n) is 6.63. The minimum absolute atomic E-state index is 0.282. The monoisotopic (exact) mass is 279 g/mol. The van der Waals surface area contributed by atoms with E-state index in [0.29, 0.717) is 6.04 Å². The third kappa shape index (κ3) is 2.53. The summed E-state index contributed by atoms with van der Waals surface area (Å²) in [5, 5.41) is 0. The number of likely N-dealkylation sites (tertiary alicyclic amines) is 2. The standard InChI is InChI=1S/C17H33N3/c1-15(2)19-10-9-17(13-18,14-19)20-11-7-16(8-12-20)5-3-4-6-16/h15H,3-14,18H2,1-2H3. The Balaban J connectivity index is 1.63. The highest BCUT2D eigenvalue weighted by atomic mass is 15.3. The molecule has 1 aliphatic carbocycles. The van der Waals surface area contributed by atoms with Crippen molar-refractivity contribution in [3.8, 4) is 0 Å². The zero-order chi connectivity index (χ0) is 14.2. The molecule has 1 spiro atoms. The van der Waals surface area contributed by atoms with Gasteiger partial charge in [-0.15, -0.1) is 0 Å². The Morgan fingerprint density at radius 3 is 2.10 bits per heavy atom. The van der Waals surface area contributed by atoms with Gasteiger partial charge in [0.2, 0.25) is 0 Å². The minimum Gasteiger partial charge on any atom is -0.329 e. The molecule has 0 bridgehead atoms. The van der Waals surface area contributed by atoms with Crippen LogP contribution in [-0.2, 0) is 0 Å². The lowest BCUT2D eigenvalue weighted by molar-refractivity contribution is 0.0247. The van der Waals surface area contributed by atoms with Crippen LogP contribution >= 0.6 is 0 Å². The number of nitrogens with two attached hydrogens (primary N) is 1. The average Bonchev–Trinajstić information content (AvgIpc) is 3.08. The van der Waals surface area contributed by atoms with Gasteiger partial charge in [-0.2, -0.15) is 0 Å². The molecule has 1 saturated carbocycles. The van der Waals surface area contributed by atoms with E-state index in [9.17, 15) is 0 Å². The molecule has 116 valence electrons. The van der Waals surface area contributed by atoms with E-state index < -0.39 is 0 Å². The van der Waals surface area contributed by atoms with E-state index in [-0.39, 0.29) is 5.54 Å². The molecule has 3 aliphatic rings. The van der Waals surface area contributed by atoms with Crippen molar-refractivity contribution in [3.63, 3.8) is 0 Å². The highest BCUT2D eigenvalue weighted by molar-refractivity contribution is 5.03. The second-order valence-corrected chi connectivity index (χ2v) is 7.94. The lowest BCUT2D eigenvalue weighted by Gasteiger charge is -2.48. The third-order valence-corrected chi connectivity index (χ3v) is 6.63.